The minimum Gasteiger partial charge on any atom is -0.497 e. The summed E-state index contributed by atoms with van der Waals surface area (Å²) in [6.45, 7) is 1.89. The minimum absolute atomic E-state index is 0.0174. The van der Waals surface area contributed by atoms with Gasteiger partial charge in [0, 0.05) is 17.1 Å². The minimum atomic E-state index is -0.0174. The highest BCUT2D eigenvalue weighted by Gasteiger charge is 2.07. The summed E-state index contributed by atoms with van der Waals surface area (Å²) in [5.41, 5.74) is 2.76. The molecule has 0 spiro atoms. The third-order valence-corrected chi connectivity index (χ3v) is 3.75. The predicted octanol–water partition coefficient (Wildman–Crippen LogP) is 4.23. The Morgan fingerprint density at radius 3 is 2.57 bits per heavy atom. The maximum atomic E-state index is 12.0. The van der Waals surface area contributed by atoms with E-state index in [0.717, 1.165) is 22.6 Å². The average Bonchev–Trinajstić information content (AvgIpc) is 2.50. The van der Waals surface area contributed by atoms with Gasteiger partial charge in [-0.15, -0.1) is 0 Å². The van der Waals surface area contributed by atoms with E-state index in [2.05, 4.69) is 5.32 Å². The summed E-state index contributed by atoms with van der Waals surface area (Å²) in [7, 11) is 1.63. The van der Waals surface area contributed by atoms with E-state index in [1.165, 1.54) is 0 Å². The molecule has 0 bridgehead atoms. The molecule has 0 fully saturated rings. The summed E-state index contributed by atoms with van der Waals surface area (Å²) in [6.07, 6.45) is 1.12. The highest BCUT2D eigenvalue weighted by Crippen LogP contribution is 2.23. The van der Waals surface area contributed by atoms with Crippen molar-refractivity contribution in [2.45, 2.75) is 19.8 Å². The first-order valence-corrected chi connectivity index (χ1v) is 7.16. The summed E-state index contributed by atoms with van der Waals surface area (Å²) in [5.74, 6) is 0.800. The van der Waals surface area contributed by atoms with E-state index in [0.29, 0.717) is 17.9 Å². The van der Waals surface area contributed by atoms with Gasteiger partial charge in [0.15, 0.2) is 0 Å². The first-order valence-electron chi connectivity index (χ1n) is 6.78. The Morgan fingerprint density at radius 2 is 1.90 bits per heavy atom. The molecule has 110 valence electrons. The second-order valence-corrected chi connectivity index (χ2v) is 5.22. The van der Waals surface area contributed by atoms with E-state index in [4.69, 9.17) is 16.3 Å². The van der Waals surface area contributed by atoms with Crippen LogP contribution < -0.4 is 10.1 Å². The number of hydrogen-bond donors (Lipinski definition) is 1. The van der Waals surface area contributed by atoms with Crippen LogP contribution in [0.15, 0.2) is 42.5 Å². The Morgan fingerprint density at radius 1 is 1.19 bits per heavy atom. The van der Waals surface area contributed by atoms with Gasteiger partial charge in [-0.1, -0.05) is 29.8 Å². The number of benzene rings is 2. The van der Waals surface area contributed by atoms with Gasteiger partial charge in [0.25, 0.3) is 0 Å². The lowest BCUT2D eigenvalue weighted by molar-refractivity contribution is -0.116. The molecule has 0 aromatic heterocycles. The maximum Gasteiger partial charge on any atom is 0.224 e. The first-order chi connectivity index (χ1) is 10.1. The Balaban J connectivity index is 1.91. The number of anilines is 1. The zero-order valence-corrected chi connectivity index (χ0v) is 12.9. The van der Waals surface area contributed by atoms with Gasteiger partial charge >= 0.3 is 0 Å². The molecule has 0 aliphatic carbocycles. The van der Waals surface area contributed by atoms with Crippen molar-refractivity contribution in [3.05, 3.63) is 58.6 Å². The average molecular weight is 304 g/mol. The van der Waals surface area contributed by atoms with Crippen LogP contribution in [0.1, 0.15) is 17.5 Å². The third-order valence-electron chi connectivity index (χ3n) is 3.34. The molecule has 0 saturated carbocycles. The molecule has 2 aromatic carbocycles. The zero-order valence-electron chi connectivity index (χ0n) is 12.2. The van der Waals surface area contributed by atoms with Crippen LogP contribution in [-0.4, -0.2) is 13.0 Å². The Labute approximate surface area is 129 Å². The molecule has 0 unspecified atom stereocenters. The summed E-state index contributed by atoms with van der Waals surface area (Å²) < 4.78 is 5.11. The Bertz CT molecular complexity index is 623. The second-order valence-electron chi connectivity index (χ2n) is 4.81. The van der Waals surface area contributed by atoms with Crippen molar-refractivity contribution < 1.29 is 9.53 Å². The van der Waals surface area contributed by atoms with Gasteiger partial charge in [-0.3, -0.25) is 4.79 Å². The van der Waals surface area contributed by atoms with Gasteiger partial charge in [0.1, 0.15) is 5.75 Å². The molecular weight excluding hydrogens is 286 g/mol. The van der Waals surface area contributed by atoms with Crippen LogP contribution in [0.2, 0.25) is 5.02 Å². The van der Waals surface area contributed by atoms with E-state index in [1.807, 2.05) is 49.4 Å². The molecule has 4 heteroatoms. The SMILES string of the molecule is COc1ccc(CCC(=O)Nc2cccc(Cl)c2C)cc1. The molecular formula is C17H18ClNO2. The van der Waals surface area contributed by atoms with Crippen molar-refractivity contribution in [1.82, 2.24) is 0 Å². The van der Waals surface area contributed by atoms with E-state index < -0.39 is 0 Å². The van der Waals surface area contributed by atoms with Gasteiger partial charge in [-0.05, 0) is 48.7 Å². The number of carbonyl (C=O) groups is 1. The van der Waals surface area contributed by atoms with Crippen molar-refractivity contribution in [3.63, 3.8) is 0 Å². The van der Waals surface area contributed by atoms with Crippen LogP contribution in [-0.2, 0) is 11.2 Å². The first kappa shape index (κ1) is 15.4. The highest BCUT2D eigenvalue weighted by molar-refractivity contribution is 6.31. The lowest BCUT2D eigenvalue weighted by Gasteiger charge is -2.09. The standard InChI is InChI=1S/C17H18ClNO2/c1-12-15(18)4-3-5-16(12)19-17(20)11-8-13-6-9-14(21-2)10-7-13/h3-7,9-10H,8,11H2,1-2H3,(H,19,20). The monoisotopic (exact) mass is 303 g/mol. The molecule has 0 heterocycles. The molecule has 21 heavy (non-hydrogen) atoms. The van der Waals surface area contributed by atoms with Crippen LogP contribution in [0.5, 0.6) is 5.75 Å². The van der Waals surface area contributed by atoms with Crippen molar-refractivity contribution >= 4 is 23.2 Å². The van der Waals surface area contributed by atoms with Crippen molar-refractivity contribution in [2.24, 2.45) is 0 Å². The second kappa shape index (κ2) is 7.14. The fourth-order valence-corrected chi connectivity index (χ4v) is 2.18. The normalized spacial score (nSPS) is 10.2. The largest absolute Gasteiger partial charge is 0.497 e. The van der Waals surface area contributed by atoms with E-state index in [-0.39, 0.29) is 5.91 Å². The fourth-order valence-electron chi connectivity index (χ4n) is 2.01. The molecule has 0 radical (unpaired) electrons. The quantitative estimate of drug-likeness (QED) is 0.897. The van der Waals surface area contributed by atoms with E-state index in [9.17, 15) is 4.79 Å². The summed E-state index contributed by atoms with van der Waals surface area (Å²) >= 11 is 6.04. The Hall–Kier alpha value is -2.00. The summed E-state index contributed by atoms with van der Waals surface area (Å²) in [4.78, 5) is 12.0. The lowest BCUT2D eigenvalue weighted by Crippen LogP contribution is -2.13. The van der Waals surface area contributed by atoms with Crippen LogP contribution in [0.25, 0.3) is 0 Å². The summed E-state index contributed by atoms with van der Waals surface area (Å²) in [5, 5.41) is 3.55. The zero-order chi connectivity index (χ0) is 15.2. The molecule has 3 nitrogen and oxygen atoms in total. The molecule has 2 rings (SSSR count). The van der Waals surface area contributed by atoms with Crippen LogP contribution in [0.4, 0.5) is 5.69 Å². The number of nitrogens with one attached hydrogen (secondary N) is 1. The van der Waals surface area contributed by atoms with Crippen LogP contribution in [0, 0.1) is 6.92 Å². The number of aryl methyl sites for hydroxylation is 1. The number of methoxy groups -OCH3 is 1. The number of rotatable bonds is 5. The molecule has 0 atom stereocenters. The number of carbonyl (C=O) groups excluding carboxylic acids is 1. The molecule has 1 N–H and O–H groups in total. The lowest BCUT2D eigenvalue weighted by atomic mass is 10.1. The van der Waals surface area contributed by atoms with Gasteiger partial charge in [-0.2, -0.15) is 0 Å². The predicted molar refractivity (Wildman–Crippen MR) is 86.1 cm³/mol. The number of ether oxygens (including phenoxy) is 1. The topological polar surface area (TPSA) is 38.3 Å². The van der Waals surface area contributed by atoms with Crippen molar-refractivity contribution in [1.29, 1.82) is 0 Å². The van der Waals surface area contributed by atoms with Crippen LogP contribution >= 0.6 is 11.6 Å². The molecule has 0 saturated heterocycles. The smallest absolute Gasteiger partial charge is 0.224 e. The van der Waals surface area contributed by atoms with E-state index in [1.54, 1.807) is 7.11 Å². The van der Waals surface area contributed by atoms with Gasteiger partial charge in [0.2, 0.25) is 5.91 Å². The van der Waals surface area contributed by atoms with Crippen molar-refractivity contribution in [2.75, 3.05) is 12.4 Å². The molecule has 0 aliphatic rings. The van der Waals surface area contributed by atoms with Crippen LogP contribution in [0.3, 0.4) is 0 Å². The van der Waals surface area contributed by atoms with Gasteiger partial charge in [-0.25, -0.2) is 0 Å². The number of halogens is 1. The summed E-state index contributed by atoms with van der Waals surface area (Å²) in [6, 6.07) is 13.2. The molecule has 1 amide bonds. The van der Waals surface area contributed by atoms with Gasteiger partial charge in [0.05, 0.1) is 7.11 Å². The third kappa shape index (κ3) is 4.23. The van der Waals surface area contributed by atoms with E-state index >= 15 is 0 Å². The molecule has 0 aliphatic heterocycles. The number of amides is 1. The Kier molecular flexibility index (Phi) is 5.23. The number of hydrogen-bond acceptors (Lipinski definition) is 2. The van der Waals surface area contributed by atoms with Crippen molar-refractivity contribution in [3.8, 4) is 5.75 Å². The molecule has 2 aromatic rings. The fraction of sp³-hybridized carbons (Fsp3) is 0.235. The maximum absolute atomic E-state index is 12.0. The highest BCUT2D eigenvalue weighted by atomic mass is 35.5. The van der Waals surface area contributed by atoms with Gasteiger partial charge < -0.3 is 10.1 Å².